The zero-order valence-corrected chi connectivity index (χ0v) is 9.54. The van der Waals surface area contributed by atoms with Crippen molar-refractivity contribution < 1.29 is 14.3 Å². The zero-order chi connectivity index (χ0) is 11.2. The molecule has 2 rings (SSSR count). The van der Waals surface area contributed by atoms with Gasteiger partial charge in [-0.25, -0.2) is 4.79 Å². The van der Waals surface area contributed by atoms with Crippen LogP contribution in [-0.2, 0) is 9.47 Å². The van der Waals surface area contributed by atoms with Crippen molar-refractivity contribution >= 4 is 6.09 Å². The Balaban J connectivity index is 1.59. The Labute approximate surface area is 95.9 Å². The van der Waals surface area contributed by atoms with Gasteiger partial charge in [-0.3, -0.25) is 0 Å². The van der Waals surface area contributed by atoms with Crippen LogP contribution in [0.15, 0.2) is 0 Å². The lowest BCUT2D eigenvalue weighted by molar-refractivity contribution is 0.122. The van der Waals surface area contributed by atoms with Gasteiger partial charge < -0.3 is 20.1 Å². The lowest BCUT2D eigenvalue weighted by Gasteiger charge is -2.23. The number of piperidine rings is 1. The minimum atomic E-state index is -0.317. The molecule has 0 saturated carbocycles. The highest BCUT2D eigenvalue weighted by Crippen LogP contribution is 2.07. The quantitative estimate of drug-likeness (QED) is 0.744. The second kappa shape index (κ2) is 6.06. The number of ether oxygens (including phenoxy) is 2. The minimum Gasteiger partial charge on any atom is -0.448 e. The minimum absolute atomic E-state index is 0.131. The Hall–Kier alpha value is -0.810. The number of hydrogen-bond acceptors (Lipinski definition) is 4. The second-order valence-corrected chi connectivity index (χ2v) is 4.45. The molecule has 2 N–H and O–H groups in total. The van der Waals surface area contributed by atoms with Crippen LogP contribution in [0.25, 0.3) is 0 Å². The van der Waals surface area contributed by atoms with E-state index in [1.807, 2.05) is 0 Å². The van der Waals surface area contributed by atoms with E-state index in [-0.39, 0.29) is 12.1 Å². The Morgan fingerprint density at radius 1 is 1.44 bits per heavy atom. The van der Waals surface area contributed by atoms with E-state index >= 15 is 0 Å². The Kier molecular flexibility index (Phi) is 4.42. The molecule has 92 valence electrons. The molecule has 0 aromatic heterocycles. The van der Waals surface area contributed by atoms with Crippen molar-refractivity contribution in [2.45, 2.75) is 37.8 Å². The van der Waals surface area contributed by atoms with Crippen molar-refractivity contribution in [3.05, 3.63) is 0 Å². The Morgan fingerprint density at radius 2 is 2.38 bits per heavy atom. The molecule has 2 heterocycles. The van der Waals surface area contributed by atoms with Crippen molar-refractivity contribution in [3.63, 3.8) is 0 Å². The van der Waals surface area contributed by atoms with E-state index in [4.69, 9.17) is 9.47 Å². The molecule has 0 radical (unpaired) electrons. The van der Waals surface area contributed by atoms with Crippen molar-refractivity contribution in [3.8, 4) is 0 Å². The first-order valence-electron chi connectivity index (χ1n) is 6.09. The molecule has 0 aliphatic carbocycles. The fourth-order valence-electron chi connectivity index (χ4n) is 2.10. The summed E-state index contributed by atoms with van der Waals surface area (Å²) in [6.07, 6.45) is 4.11. The van der Waals surface area contributed by atoms with Gasteiger partial charge in [0, 0.05) is 12.6 Å². The molecule has 0 aromatic carbocycles. The highest BCUT2D eigenvalue weighted by atomic mass is 16.5. The molecule has 16 heavy (non-hydrogen) atoms. The molecule has 0 spiro atoms. The Bertz CT molecular complexity index is 223. The number of carbonyl (C=O) groups is 1. The van der Waals surface area contributed by atoms with Gasteiger partial charge in [-0.15, -0.1) is 0 Å². The largest absolute Gasteiger partial charge is 0.448 e. The van der Waals surface area contributed by atoms with Gasteiger partial charge in [0.25, 0.3) is 0 Å². The Morgan fingerprint density at radius 3 is 3.06 bits per heavy atom. The zero-order valence-electron chi connectivity index (χ0n) is 9.54. The first-order valence-corrected chi connectivity index (χ1v) is 6.09. The summed E-state index contributed by atoms with van der Waals surface area (Å²) in [7, 11) is 0. The fourth-order valence-corrected chi connectivity index (χ4v) is 2.10. The summed E-state index contributed by atoms with van der Waals surface area (Å²) in [5, 5.41) is 6.14. The van der Waals surface area contributed by atoms with E-state index in [1.165, 1.54) is 12.8 Å². The average Bonchev–Trinajstić information content (AvgIpc) is 2.81. The van der Waals surface area contributed by atoms with Crippen molar-refractivity contribution in [1.29, 1.82) is 0 Å². The summed E-state index contributed by atoms with van der Waals surface area (Å²) in [6, 6.07) is 0.464. The van der Waals surface area contributed by atoms with E-state index in [1.54, 1.807) is 0 Å². The molecule has 1 amide bonds. The van der Waals surface area contributed by atoms with Gasteiger partial charge in [0.2, 0.25) is 0 Å². The molecule has 5 nitrogen and oxygen atoms in total. The lowest BCUT2D eigenvalue weighted by Crippen LogP contribution is -2.41. The van der Waals surface area contributed by atoms with Crippen LogP contribution >= 0.6 is 0 Å². The topological polar surface area (TPSA) is 59.6 Å². The molecule has 2 aliphatic rings. The van der Waals surface area contributed by atoms with Crippen LogP contribution in [0.5, 0.6) is 0 Å². The van der Waals surface area contributed by atoms with Crippen LogP contribution in [0.4, 0.5) is 4.79 Å². The molecule has 0 aromatic rings. The summed E-state index contributed by atoms with van der Waals surface area (Å²) < 4.78 is 10.3. The summed E-state index contributed by atoms with van der Waals surface area (Å²) in [4.78, 5) is 11.4. The van der Waals surface area contributed by atoms with Gasteiger partial charge in [0.1, 0.15) is 6.61 Å². The molecule has 2 atom stereocenters. The third-order valence-electron chi connectivity index (χ3n) is 3.08. The van der Waals surface area contributed by atoms with E-state index < -0.39 is 0 Å². The number of rotatable bonds is 3. The van der Waals surface area contributed by atoms with Crippen LogP contribution in [0.3, 0.4) is 0 Å². The molecule has 2 saturated heterocycles. The standard InChI is InChI=1S/C11H20N2O3/c14-11(13-10-4-6-15-7-10)16-8-9-3-1-2-5-12-9/h9-10,12H,1-8H2,(H,13,14)/t9-,10-/m1/s1. The first-order chi connectivity index (χ1) is 7.84. The first kappa shape index (κ1) is 11.7. The van der Waals surface area contributed by atoms with Crippen molar-refractivity contribution in [2.75, 3.05) is 26.4 Å². The van der Waals surface area contributed by atoms with Gasteiger partial charge in [0.05, 0.1) is 12.6 Å². The maximum Gasteiger partial charge on any atom is 0.407 e. The maximum atomic E-state index is 11.4. The van der Waals surface area contributed by atoms with Crippen LogP contribution in [0, 0.1) is 0 Å². The molecular weight excluding hydrogens is 208 g/mol. The van der Waals surface area contributed by atoms with Crippen molar-refractivity contribution in [1.82, 2.24) is 10.6 Å². The van der Waals surface area contributed by atoms with Crippen LogP contribution in [0.2, 0.25) is 0 Å². The predicted octanol–water partition coefficient (Wildman–Crippen LogP) is 0.644. The summed E-state index contributed by atoms with van der Waals surface area (Å²) in [5.41, 5.74) is 0. The molecule has 2 aliphatic heterocycles. The van der Waals surface area contributed by atoms with Gasteiger partial charge in [-0.2, -0.15) is 0 Å². The van der Waals surface area contributed by atoms with Gasteiger partial charge in [-0.05, 0) is 25.8 Å². The molecule has 5 heteroatoms. The highest BCUT2D eigenvalue weighted by molar-refractivity contribution is 5.67. The second-order valence-electron chi connectivity index (χ2n) is 4.45. The molecular formula is C11H20N2O3. The number of nitrogens with one attached hydrogen (secondary N) is 2. The highest BCUT2D eigenvalue weighted by Gasteiger charge is 2.19. The van der Waals surface area contributed by atoms with Gasteiger partial charge in [-0.1, -0.05) is 6.42 Å². The molecule has 0 unspecified atom stereocenters. The molecule has 2 fully saturated rings. The van der Waals surface area contributed by atoms with Gasteiger partial charge in [0.15, 0.2) is 0 Å². The third kappa shape index (κ3) is 3.64. The summed E-state index contributed by atoms with van der Waals surface area (Å²) >= 11 is 0. The van der Waals surface area contributed by atoms with E-state index in [2.05, 4.69) is 10.6 Å². The summed E-state index contributed by atoms with van der Waals surface area (Å²) in [5.74, 6) is 0. The van der Waals surface area contributed by atoms with E-state index in [9.17, 15) is 4.79 Å². The number of carbonyl (C=O) groups excluding carboxylic acids is 1. The molecule has 0 bridgehead atoms. The normalized spacial score (nSPS) is 30.0. The number of amides is 1. The third-order valence-corrected chi connectivity index (χ3v) is 3.08. The van der Waals surface area contributed by atoms with Crippen LogP contribution in [-0.4, -0.2) is 44.5 Å². The monoisotopic (exact) mass is 228 g/mol. The van der Waals surface area contributed by atoms with Crippen LogP contribution in [0.1, 0.15) is 25.7 Å². The average molecular weight is 228 g/mol. The number of alkyl carbamates (subject to hydrolysis) is 1. The fraction of sp³-hybridized carbons (Fsp3) is 0.909. The predicted molar refractivity (Wildman–Crippen MR) is 59.3 cm³/mol. The van der Waals surface area contributed by atoms with Crippen LogP contribution < -0.4 is 10.6 Å². The van der Waals surface area contributed by atoms with E-state index in [0.29, 0.717) is 19.3 Å². The van der Waals surface area contributed by atoms with Gasteiger partial charge >= 0.3 is 6.09 Å². The lowest BCUT2D eigenvalue weighted by atomic mass is 10.1. The number of hydrogen-bond donors (Lipinski definition) is 2. The maximum absolute atomic E-state index is 11.4. The SMILES string of the molecule is O=C(N[C@@H]1CCOC1)OC[C@H]1CCCCN1. The smallest absolute Gasteiger partial charge is 0.407 e. The van der Waals surface area contributed by atoms with Crippen molar-refractivity contribution in [2.24, 2.45) is 0 Å². The van der Waals surface area contributed by atoms with E-state index in [0.717, 1.165) is 26.0 Å². The summed E-state index contributed by atoms with van der Waals surface area (Å²) in [6.45, 7) is 2.84.